The molecule has 0 atom stereocenters. The van der Waals surface area contributed by atoms with E-state index in [-0.39, 0.29) is 5.54 Å². The second-order valence-corrected chi connectivity index (χ2v) is 6.75. The number of rotatable bonds is 3. The molecule has 4 aliphatic carbocycles. The van der Waals surface area contributed by atoms with Gasteiger partial charge in [-0.3, -0.25) is 0 Å². The van der Waals surface area contributed by atoms with Crippen LogP contribution in [0.4, 0.5) is 0 Å². The number of hydrogen-bond acceptors (Lipinski definition) is 4. The smallest absolute Gasteiger partial charge is 0.328 e. The maximum Gasteiger partial charge on any atom is 0.328 e. The lowest BCUT2D eigenvalue weighted by molar-refractivity contribution is -0.131. The summed E-state index contributed by atoms with van der Waals surface area (Å²) in [4.78, 5) is 12.3. The van der Waals surface area contributed by atoms with E-state index in [4.69, 9.17) is 5.11 Å². The van der Waals surface area contributed by atoms with Crippen molar-refractivity contribution in [1.82, 2.24) is 20.2 Å². The molecular weight excluding hydrogens is 256 g/mol. The molecule has 0 radical (unpaired) electrons. The Morgan fingerprint density at radius 2 is 1.80 bits per heavy atom. The van der Waals surface area contributed by atoms with E-state index < -0.39 is 5.97 Å². The number of carbonyl (C=O) groups is 1. The molecule has 4 fully saturated rings. The summed E-state index contributed by atoms with van der Waals surface area (Å²) in [6.07, 6.45) is 10.1. The predicted molar refractivity (Wildman–Crippen MR) is 70.6 cm³/mol. The summed E-state index contributed by atoms with van der Waals surface area (Å²) in [5.41, 5.74) is 0.0526. The molecule has 1 aromatic rings. The average Bonchev–Trinajstić information content (AvgIpc) is 2.84. The third-order valence-corrected chi connectivity index (χ3v) is 5.23. The molecule has 4 bridgehead atoms. The zero-order valence-electron chi connectivity index (χ0n) is 11.3. The number of carboxylic acid groups (broad SMARTS) is 1. The van der Waals surface area contributed by atoms with Gasteiger partial charge in [-0.05, 0) is 67.6 Å². The van der Waals surface area contributed by atoms with Crippen LogP contribution in [0.25, 0.3) is 6.08 Å². The van der Waals surface area contributed by atoms with Crippen LogP contribution in [0.2, 0.25) is 0 Å². The molecule has 1 heterocycles. The average molecular weight is 274 g/mol. The zero-order chi connectivity index (χ0) is 13.7. The van der Waals surface area contributed by atoms with Crippen molar-refractivity contribution in [3.05, 3.63) is 11.9 Å². The van der Waals surface area contributed by atoms with Gasteiger partial charge in [-0.15, -0.1) is 10.2 Å². The van der Waals surface area contributed by atoms with Crippen LogP contribution >= 0.6 is 0 Å². The third-order valence-electron chi connectivity index (χ3n) is 5.23. The standard InChI is InChI=1S/C14H18N4O2/c19-13(20)2-1-12-15-17-18(16-12)14-6-9-3-10(7-14)5-11(4-9)8-14/h1-2,9-11H,3-8H2,(H,19,20)/b2-1+. The number of tetrazole rings is 1. The molecule has 4 saturated carbocycles. The van der Waals surface area contributed by atoms with Gasteiger partial charge in [0, 0.05) is 6.08 Å². The van der Waals surface area contributed by atoms with E-state index in [1.807, 2.05) is 0 Å². The molecule has 4 aliphatic rings. The van der Waals surface area contributed by atoms with Gasteiger partial charge in [0.1, 0.15) is 0 Å². The highest BCUT2D eigenvalue weighted by molar-refractivity contribution is 5.84. The Kier molecular flexibility index (Phi) is 2.49. The Labute approximate surface area is 116 Å². The number of hydrogen-bond donors (Lipinski definition) is 1. The molecule has 5 rings (SSSR count). The minimum atomic E-state index is -0.990. The first-order valence-electron chi connectivity index (χ1n) is 7.34. The molecule has 1 N–H and O–H groups in total. The van der Waals surface area contributed by atoms with Gasteiger partial charge in [-0.25, -0.2) is 4.79 Å². The third kappa shape index (κ3) is 1.85. The Morgan fingerprint density at radius 3 is 2.35 bits per heavy atom. The van der Waals surface area contributed by atoms with Gasteiger partial charge in [-0.2, -0.15) is 4.80 Å². The van der Waals surface area contributed by atoms with E-state index >= 15 is 0 Å². The molecule has 0 spiro atoms. The van der Waals surface area contributed by atoms with Crippen molar-refractivity contribution >= 4 is 12.0 Å². The van der Waals surface area contributed by atoms with Gasteiger partial charge in [-0.1, -0.05) is 0 Å². The van der Waals surface area contributed by atoms with Crippen LogP contribution in [-0.4, -0.2) is 31.3 Å². The first kappa shape index (κ1) is 12.1. The van der Waals surface area contributed by atoms with Crippen LogP contribution < -0.4 is 0 Å². The van der Waals surface area contributed by atoms with Gasteiger partial charge >= 0.3 is 5.97 Å². The summed E-state index contributed by atoms with van der Waals surface area (Å²) in [6.45, 7) is 0. The van der Waals surface area contributed by atoms with Gasteiger partial charge < -0.3 is 5.11 Å². The van der Waals surface area contributed by atoms with Crippen LogP contribution in [0.15, 0.2) is 6.08 Å². The van der Waals surface area contributed by atoms with Crippen molar-refractivity contribution in [3.63, 3.8) is 0 Å². The minimum absolute atomic E-state index is 0.0526. The Bertz CT molecular complexity index is 542. The molecular formula is C14H18N4O2. The SMILES string of the molecule is O=C(O)/C=C/c1nnn(C23CC4CC(CC(C4)C2)C3)n1. The van der Waals surface area contributed by atoms with Crippen molar-refractivity contribution in [2.24, 2.45) is 17.8 Å². The van der Waals surface area contributed by atoms with E-state index in [0.717, 1.165) is 23.8 Å². The van der Waals surface area contributed by atoms with Gasteiger partial charge in [0.15, 0.2) is 5.82 Å². The molecule has 6 nitrogen and oxygen atoms in total. The van der Waals surface area contributed by atoms with Crippen LogP contribution in [0, 0.1) is 17.8 Å². The maximum absolute atomic E-state index is 10.5. The monoisotopic (exact) mass is 274 g/mol. The Hall–Kier alpha value is -1.72. The molecule has 0 unspecified atom stereocenters. The Balaban J connectivity index is 1.62. The van der Waals surface area contributed by atoms with E-state index in [0.29, 0.717) is 5.82 Å². The molecule has 106 valence electrons. The highest BCUT2D eigenvalue weighted by Gasteiger charge is 2.53. The van der Waals surface area contributed by atoms with Crippen molar-refractivity contribution in [2.45, 2.75) is 44.1 Å². The first-order chi connectivity index (χ1) is 9.63. The van der Waals surface area contributed by atoms with Crippen LogP contribution in [0.1, 0.15) is 44.3 Å². The van der Waals surface area contributed by atoms with E-state index in [1.54, 1.807) is 4.80 Å². The number of aromatic nitrogens is 4. The highest BCUT2D eigenvalue weighted by Crippen LogP contribution is 2.58. The van der Waals surface area contributed by atoms with Gasteiger partial charge in [0.05, 0.1) is 5.54 Å². The lowest BCUT2D eigenvalue weighted by Gasteiger charge is -2.55. The fourth-order valence-corrected chi connectivity index (χ4v) is 4.95. The maximum atomic E-state index is 10.5. The van der Waals surface area contributed by atoms with Crippen LogP contribution in [0.5, 0.6) is 0 Å². The fraction of sp³-hybridized carbons (Fsp3) is 0.714. The minimum Gasteiger partial charge on any atom is -0.478 e. The number of carboxylic acids is 1. The second-order valence-electron chi connectivity index (χ2n) is 6.75. The predicted octanol–water partition coefficient (Wildman–Crippen LogP) is 1.70. The molecule has 6 heteroatoms. The van der Waals surface area contributed by atoms with Gasteiger partial charge in [0.25, 0.3) is 0 Å². The lowest BCUT2D eigenvalue weighted by Crippen LogP contribution is -2.52. The largest absolute Gasteiger partial charge is 0.478 e. The molecule has 1 aromatic heterocycles. The zero-order valence-corrected chi connectivity index (χ0v) is 11.3. The van der Waals surface area contributed by atoms with Crippen LogP contribution in [-0.2, 0) is 10.3 Å². The highest BCUT2D eigenvalue weighted by atomic mass is 16.4. The normalized spacial score (nSPS) is 38.7. The molecule has 20 heavy (non-hydrogen) atoms. The van der Waals surface area contributed by atoms with E-state index in [2.05, 4.69) is 15.4 Å². The summed E-state index contributed by atoms with van der Waals surface area (Å²) in [5, 5.41) is 21.3. The molecule has 0 saturated heterocycles. The van der Waals surface area contributed by atoms with Crippen molar-refractivity contribution in [1.29, 1.82) is 0 Å². The molecule has 0 amide bonds. The van der Waals surface area contributed by atoms with Crippen molar-refractivity contribution in [3.8, 4) is 0 Å². The van der Waals surface area contributed by atoms with E-state index in [9.17, 15) is 4.79 Å². The lowest BCUT2D eigenvalue weighted by atomic mass is 9.53. The summed E-state index contributed by atoms with van der Waals surface area (Å²) < 4.78 is 0. The number of aliphatic carboxylic acids is 1. The molecule has 0 aromatic carbocycles. The summed E-state index contributed by atoms with van der Waals surface area (Å²) in [7, 11) is 0. The molecule has 0 aliphatic heterocycles. The summed E-state index contributed by atoms with van der Waals surface area (Å²) in [5.74, 6) is 1.88. The summed E-state index contributed by atoms with van der Waals surface area (Å²) >= 11 is 0. The van der Waals surface area contributed by atoms with E-state index in [1.165, 1.54) is 44.6 Å². The topological polar surface area (TPSA) is 80.9 Å². The number of nitrogens with zero attached hydrogens (tertiary/aromatic N) is 4. The Morgan fingerprint density at radius 1 is 1.20 bits per heavy atom. The quantitative estimate of drug-likeness (QED) is 0.848. The van der Waals surface area contributed by atoms with Crippen molar-refractivity contribution in [2.75, 3.05) is 0 Å². The van der Waals surface area contributed by atoms with Crippen molar-refractivity contribution < 1.29 is 9.90 Å². The summed E-state index contributed by atoms with van der Waals surface area (Å²) in [6, 6.07) is 0. The van der Waals surface area contributed by atoms with Crippen LogP contribution in [0.3, 0.4) is 0 Å². The second kappa shape index (κ2) is 4.14. The first-order valence-corrected chi connectivity index (χ1v) is 7.34. The van der Waals surface area contributed by atoms with Gasteiger partial charge in [0.2, 0.25) is 0 Å². The fourth-order valence-electron chi connectivity index (χ4n) is 4.95.